The van der Waals surface area contributed by atoms with E-state index in [0.29, 0.717) is 24.3 Å². The standard InChI is InChI=1S/C19H18FN5O2/c1-24-8-3-6-16(24)14-11-15(23-22-14)19(27)25-9-7-21-18(26)17(25)12-4-2-5-13(20)10-12/h2-6,8,10-11,17H,7,9H2,1H3,(H,21,26)(H,22,23). The van der Waals surface area contributed by atoms with Crippen molar-refractivity contribution in [1.82, 2.24) is 25.0 Å². The van der Waals surface area contributed by atoms with Gasteiger partial charge in [0.05, 0.1) is 5.69 Å². The lowest BCUT2D eigenvalue weighted by atomic mass is 10.0. The molecule has 8 heteroatoms. The maximum atomic E-state index is 13.6. The molecule has 2 aromatic heterocycles. The molecule has 0 spiro atoms. The molecule has 3 aromatic rings. The molecule has 7 nitrogen and oxygen atoms in total. The summed E-state index contributed by atoms with van der Waals surface area (Å²) in [6.45, 7) is 0.666. The zero-order valence-electron chi connectivity index (χ0n) is 14.6. The number of aryl methyl sites for hydroxylation is 1. The summed E-state index contributed by atoms with van der Waals surface area (Å²) in [5, 5.41) is 9.71. The van der Waals surface area contributed by atoms with Crippen LogP contribution in [0.2, 0.25) is 0 Å². The van der Waals surface area contributed by atoms with Crippen LogP contribution in [0.3, 0.4) is 0 Å². The van der Waals surface area contributed by atoms with Crippen molar-refractivity contribution in [2.75, 3.05) is 13.1 Å². The van der Waals surface area contributed by atoms with Crippen LogP contribution in [0.1, 0.15) is 22.1 Å². The molecule has 1 unspecified atom stereocenters. The maximum Gasteiger partial charge on any atom is 0.272 e. The van der Waals surface area contributed by atoms with Gasteiger partial charge in [0.2, 0.25) is 5.91 Å². The van der Waals surface area contributed by atoms with E-state index in [4.69, 9.17) is 0 Å². The zero-order chi connectivity index (χ0) is 19.0. The van der Waals surface area contributed by atoms with Crippen LogP contribution in [-0.2, 0) is 11.8 Å². The van der Waals surface area contributed by atoms with E-state index in [-0.39, 0.29) is 17.5 Å². The van der Waals surface area contributed by atoms with Crippen LogP contribution in [0.15, 0.2) is 48.7 Å². The number of hydrogen-bond acceptors (Lipinski definition) is 3. The molecule has 4 rings (SSSR count). The summed E-state index contributed by atoms with van der Waals surface area (Å²) in [6, 6.07) is 10.3. The summed E-state index contributed by atoms with van der Waals surface area (Å²) < 4.78 is 15.5. The molecule has 2 amide bonds. The number of aromatic nitrogens is 3. The van der Waals surface area contributed by atoms with Gasteiger partial charge in [0.25, 0.3) is 5.91 Å². The highest BCUT2D eigenvalue weighted by Crippen LogP contribution is 2.26. The van der Waals surface area contributed by atoms with Crippen molar-refractivity contribution >= 4 is 11.8 Å². The van der Waals surface area contributed by atoms with Gasteiger partial charge in [-0.05, 0) is 35.9 Å². The van der Waals surface area contributed by atoms with Gasteiger partial charge in [-0.2, -0.15) is 5.10 Å². The van der Waals surface area contributed by atoms with E-state index in [1.54, 1.807) is 12.1 Å². The number of piperazine rings is 1. The first-order chi connectivity index (χ1) is 13.0. The van der Waals surface area contributed by atoms with Crippen molar-refractivity contribution in [3.8, 4) is 11.4 Å². The summed E-state index contributed by atoms with van der Waals surface area (Å²) in [7, 11) is 1.89. The molecule has 1 atom stereocenters. The molecule has 138 valence electrons. The molecular weight excluding hydrogens is 349 g/mol. The minimum atomic E-state index is -0.885. The first-order valence-corrected chi connectivity index (χ1v) is 8.56. The normalized spacial score (nSPS) is 17.0. The number of nitrogens with one attached hydrogen (secondary N) is 2. The first kappa shape index (κ1) is 17.0. The molecule has 2 N–H and O–H groups in total. The predicted octanol–water partition coefficient (Wildman–Crippen LogP) is 1.87. The van der Waals surface area contributed by atoms with Crippen LogP contribution < -0.4 is 5.32 Å². The molecular formula is C19H18FN5O2. The minimum absolute atomic E-state index is 0.280. The highest BCUT2D eigenvalue weighted by atomic mass is 19.1. The zero-order valence-corrected chi connectivity index (χ0v) is 14.6. The number of carbonyl (C=O) groups is 2. The number of halogens is 1. The Balaban J connectivity index is 1.66. The highest BCUT2D eigenvalue weighted by molar-refractivity contribution is 5.97. The van der Waals surface area contributed by atoms with E-state index in [0.717, 1.165) is 5.69 Å². The number of rotatable bonds is 3. The third-order valence-electron chi connectivity index (χ3n) is 4.65. The monoisotopic (exact) mass is 367 g/mol. The fourth-order valence-electron chi connectivity index (χ4n) is 3.34. The van der Waals surface area contributed by atoms with Crippen LogP contribution in [0.5, 0.6) is 0 Å². The lowest BCUT2D eigenvalue weighted by Crippen LogP contribution is -2.52. The summed E-state index contributed by atoms with van der Waals surface area (Å²) in [4.78, 5) is 26.9. The van der Waals surface area contributed by atoms with Crippen LogP contribution in [-0.4, -0.2) is 44.6 Å². The Kier molecular flexibility index (Phi) is 4.23. The Morgan fingerprint density at radius 1 is 1.26 bits per heavy atom. The number of H-pyrrole nitrogens is 1. The van der Waals surface area contributed by atoms with Crippen molar-refractivity contribution in [1.29, 1.82) is 0 Å². The third kappa shape index (κ3) is 3.10. The first-order valence-electron chi connectivity index (χ1n) is 8.56. The molecule has 0 saturated carbocycles. The van der Waals surface area contributed by atoms with Crippen molar-refractivity contribution in [3.63, 3.8) is 0 Å². The second-order valence-electron chi connectivity index (χ2n) is 6.42. The molecule has 1 aromatic carbocycles. The lowest BCUT2D eigenvalue weighted by Gasteiger charge is -2.35. The summed E-state index contributed by atoms with van der Waals surface area (Å²) in [5.74, 6) is -1.14. The van der Waals surface area contributed by atoms with E-state index in [1.807, 2.05) is 29.9 Å². The summed E-state index contributed by atoms with van der Waals surface area (Å²) >= 11 is 0. The van der Waals surface area contributed by atoms with Crippen molar-refractivity contribution < 1.29 is 14.0 Å². The van der Waals surface area contributed by atoms with Gasteiger partial charge in [0.1, 0.15) is 23.2 Å². The van der Waals surface area contributed by atoms with Gasteiger partial charge in [0.15, 0.2) is 0 Å². The van der Waals surface area contributed by atoms with Crippen molar-refractivity contribution in [2.24, 2.45) is 7.05 Å². The largest absolute Gasteiger partial charge is 0.352 e. The second kappa shape index (κ2) is 6.71. The lowest BCUT2D eigenvalue weighted by molar-refractivity contribution is -0.128. The third-order valence-corrected chi connectivity index (χ3v) is 4.65. The predicted molar refractivity (Wildman–Crippen MR) is 96.2 cm³/mol. The minimum Gasteiger partial charge on any atom is -0.352 e. The number of carbonyl (C=O) groups excluding carboxylic acids is 2. The Hall–Kier alpha value is -3.42. The van der Waals surface area contributed by atoms with Gasteiger partial charge >= 0.3 is 0 Å². The molecule has 1 fully saturated rings. The molecule has 0 aliphatic carbocycles. The van der Waals surface area contributed by atoms with Crippen LogP contribution >= 0.6 is 0 Å². The van der Waals surface area contributed by atoms with E-state index in [2.05, 4.69) is 15.5 Å². The molecule has 27 heavy (non-hydrogen) atoms. The Labute approximate surface area is 154 Å². The molecule has 0 radical (unpaired) electrons. The number of nitrogens with zero attached hydrogens (tertiary/aromatic N) is 3. The molecule has 3 heterocycles. The van der Waals surface area contributed by atoms with Crippen LogP contribution in [0, 0.1) is 5.82 Å². The average Bonchev–Trinajstić information content (AvgIpc) is 3.29. The Morgan fingerprint density at radius 2 is 2.11 bits per heavy atom. The van der Waals surface area contributed by atoms with Gasteiger partial charge in [0, 0.05) is 26.3 Å². The maximum absolute atomic E-state index is 13.6. The van der Waals surface area contributed by atoms with Crippen LogP contribution in [0.25, 0.3) is 11.4 Å². The second-order valence-corrected chi connectivity index (χ2v) is 6.42. The van der Waals surface area contributed by atoms with Crippen molar-refractivity contribution in [2.45, 2.75) is 6.04 Å². The Morgan fingerprint density at radius 3 is 2.85 bits per heavy atom. The van der Waals surface area contributed by atoms with Crippen molar-refractivity contribution in [3.05, 3.63) is 65.7 Å². The molecule has 0 bridgehead atoms. The van der Waals surface area contributed by atoms with E-state index < -0.39 is 11.9 Å². The molecule has 1 aliphatic heterocycles. The number of amides is 2. The van der Waals surface area contributed by atoms with Gasteiger partial charge in [-0.1, -0.05) is 12.1 Å². The average molecular weight is 367 g/mol. The van der Waals surface area contributed by atoms with Crippen LogP contribution in [0.4, 0.5) is 4.39 Å². The van der Waals surface area contributed by atoms with Gasteiger partial charge in [-0.3, -0.25) is 14.7 Å². The number of hydrogen-bond donors (Lipinski definition) is 2. The van der Waals surface area contributed by atoms with E-state index in [1.165, 1.54) is 23.1 Å². The fourth-order valence-corrected chi connectivity index (χ4v) is 3.34. The Bertz CT molecular complexity index is 1010. The van der Waals surface area contributed by atoms with E-state index >= 15 is 0 Å². The van der Waals surface area contributed by atoms with Gasteiger partial charge < -0.3 is 14.8 Å². The highest BCUT2D eigenvalue weighted by Gasteiger charge is 2.35. The smallest absolute Gasteiger partial charge is 0.272 e. The van der Waals surface area contributed by atoms with Gasteiger partial charge in [-0.25, -0.2) is 4.39 Å². The number of aromatic amines is 1. The summed E-state index contributed by atoms with van der Waals surface area (Å²) in [6.07, 6.45) is 1.89. The summed E-state index contributed by atoms with van der Waals surface area (Å²) in [5.41, 5.74) is 2.21. The SMILES string of the molecule is Cn1cccc1-c1cc(C(=O)N2CCNC(=O)C2c2cccc(F)c2)[nH]n1. The van der Waals surface area contributed by atoms with E-state index in [9.17, 15) is 14.0 Å². The number of benzene rings is 1. The fraction of sp³-hybridized carbons (Fsp3) is 0.211. The molecule has 1 saturated heterocycles. The molecule has 1 aliphatic rings. The van der Waals surface area contributed by atoms with Gasteiger partial charge in [-0.15, -0.1) is 0 Å². The quantitative estimate of drug-likeness (QED) is 0.741. The topological polar surface area (TPSA) is 83.0 Å².